The lowest BCUT2D eigenvalue weighted by Gasteiger charge is -2.33. The molecule has 0 aromatic carbocycles. The maximum absolute atomic E-state index is 11.6. The van der Waals surface area contributed by atoms with Gasteiger partial charge in [0.1, 0.15) is 0 Å². The number of amides is 2. The number of urea groups is 1. The van der Waals surface area contributed by atoms with E-state index < -0.39 is 17.4 Å². The van der Waals surface area contributed by atoms with Gasteiger partial charge in [-0.25, -0.2) is 4.79 Å². The molecule has 1 aliphatic carbocycles. The van der Waals surface area contributed by atoms with Crippen LogP contribution in [0.25, 0.3) is 0 Å². The molecule has 104 valence electrons. The number of nitrogens with one attached hydrogen (secondary N) is 2. The molecule has 1 aromatic heterocycles. The smallest absolute Gasteiger partial charge is 0.321 e. The summed E-state index contributed by atoms with van der Waals surface area (Å²) in [5, 5.41) is 21.6. The molecule has 0 aliphatic heterocycles. The fraction of sp³-hybridized carbons (Fsp3) is 0.700. The van der Waals surface area contributed by atoms with Gasteiger partial charge >= 0.3 is 12.0 Å². The second kappa shape index (κ2) is 5.91. The zero-order chi connectivity index (χ0) is 13.7. The van der Waals surface area contributed by atoms with E-state index in [1.54, 1.807) is 0 Å². The Labute approximate surface area is 113 Å². The molecule has 0 spiro atoms. The maximum Gasteiger partial charge on any atom is 0.321 e. The molecule has 8 nitrogen and oxygen atoms in total. The monoisotopic (exact) mass is 285 g/mol. The maximum atomic E-state index is 11.6. The van der Waals surface area contributed by atoms with Gasteiger partial charge in [-0.1, -0.05) is 28.8 Å². The number of aliphatic carboxylic acids is 1. The molecule has 1 aromatic rings. The number of nitrogens with zero attached hydrogens (tertiary/aromatic N) is 3. The Bertz CT molecular complexity index is 444. The van der Waals surface area contributed by atoms with Gasteiger partial charge < -0.3 is 10.4 Å². The highest BCUT2D eigenvalue weighted by molar-refractivity contribution is 7.09. The van der Waals surface area contributed by atoms with Crippen LogP contribution in [0.4, 0.5) is 9.93 Å². The summed E-state index contributed by atoms with van der Waals surface area (Å²) < 4.78 is 3.51. The van der Waals surface area contributed by atoms with Gasteiger partial charge in [0.05, 0.1) is 5.41 Å². The predicted molar refractivity (Wildman–Crippen MR) is 67.9 cm³/mol. The highest BCUT2D eigenvalue weighted by Gasteiger charge is 2.39. The molecule has 0 bridgehead atoms. The first-order valence-electron chi connectivity index (χ1n) is 6.06. The Hall–Kier alpha value is -1.77. The van der Waals surface area contributed by atoms with Crippen molar-refractivity contribution in [2.75, 3.05) is 11.9 Å². The largest absolute Gasteiger partial charge is 0.481 e. The van der Waals surface area contributed by atoms with Crippen molar-refractivity contribution in [1.82, 2.24) is 20.1 Å². The summed E-state index contributed by atoms with van der Waals surface area (Å²) in [5.74, 6) is -0.843. The zero-order valence-electron chi connectivity index (χ0n) is 10.3. The van der Waals surface area contributed by atoms with Gasteiger partial charge in [0.25, 0.3) is 0 Å². The van der Waals surface area contributed by atoms with E-state index in [-0.39, 0.29) is 11.7 Å². The van der Waals surface area contributed by atoms with E-state index in [2.05, 4.69) is 25.4 Å². The summed E-state index contributed by atoms with van der Waals surface area (Å²) in [4.78, 5) is 23.0. The second-order valence-electron chi connectivity index (χ2n) is 4.62. The SMILES string of the molecule is O=C(NCC1(C(=O)O)CCCCC1)Nc1nnns1. The minimum Gasteiger partial charge on any atom is -0.481 e. The first kappa shape index (κ1) is 13.7. The highest BCUT2D eigenvalue weighted by Crippen LogP contribution is 2.35. The Balaban J connectivity index is 1.88. The van der Waals surface area contributed by atoms with Crippen LogP contribution in [0.15, 0.2) is 0 Å². The summed E-state index contributed by atoms with van der Waals surface area (Å²) in [7, 11) is 0. The third-order valence-corrected chi connectivity index (χ3v) is 3.88. The normalized spacial score (nSPS) is 17.7. The molecule has 1 aliphatic rings. The minimum atomic E-state index is -0.843. The van der Waals surface area contributed by atoms with E-state index in [1.165, 1.54) is 0 Å². The van der Waals surface area contributed by atoms with Crippen molar-refractivity contribution in [1.29, 1.82) is 0 Å². The molecule has 0 radical (unpaired) electrons. The van der Waals surface area contributed by atoms with Crippen molar-refractivity contribution in [2.24, 2.45) is 5.41 Å². The van der Waals surface area contributed by atoms with Crippen LogP contribution in [0.5, 0.6) is 0 Å². The van der Waals surface area contributed by atoms with E-state index in [0.29, 0.717) is 12.8 Å². The van der Waals surface area contributed by atoms with Crippen molar-refractivity contribution in [3.8, 4) is 0 Å². The van der Waals surface area contributed by atoms with Gasteiger partial charge in [0, 0.05) is 18.1 Å². The Morgan fingerprint density at radius 1 is 1.32 bits per heavy atom. The van der Waals surface area contributed by atoms with Gasteiger partial charge in [-0.2, -0.15) is 0 Å². The van der Waals surface area contributed by atoms with Crippen LogP contribution in [0.3, 0.4) is 0 Å². The average Bonchev–Trinajstić information content (AvgIpc) is 2.90. The van der Waals surface area contributed by atoms with Gasteiger partial charge in [0.15, 0.2) is 0 Å². The molecule has 0 saturated heterocycles. The van der Waals surface area contributed by atoms with Crippen molar-refractivity contribution in [3.63, 3.8) is 0 Å². The van der Waals surface area contributed by atoms with Crippen LogP contribution >= 0.6 is 11.5 Å². The number of rotatable bonds is 4. The van der Waals surface area contributed by atoms with E-state index in [4.69, 9.17) is 0 Å². The van der Waals surface area contributed by atoms with Gasteiger partial charge in [0.2, 0.25) is 5.13 Å². The number of carboxylic acids is 1. The summed E-state index contributed by atoms with van der Waals surface area (Å²) >= 11 is 0.958. The molecular formula is C10H15N5O3S. The van der Waals surface area contributed by atoms with Crippen LogP contribution in [0, 0.1) is 5.41 Å². The highest BCUT2D eigenvalue weighted by atomic mass is 32.1. The van der Waals surface area contributed by atoms with Crippen LogP contribution in [-0.2, 0) is 4.79 Å². The van der Waals surface area contributed by atoms with Crippen molar-refractivity contribution < 1.29 is 14.7 Å². The third-order valence-electron chi connectivity index (χ3n) is 3.37. The lowest BCUT2D eigenvalue weighted by molar-refractivity contribution is -0.150. The standard InChI is InChI=1S/C10H15N5O3S/c16-7(17)10(4-2-1-3-5-10)6-11-8(18)12-9-13-14-15-19-9/h1-6H2,(H,16,17)(H2,11,12,13,15,18). The predicted octanol–water partition coefficient (Wildman–Crippen LogP) is 1.09. The summed E-state index contributed by atoms with van der Waals surface area (Å²) in [6.07, 6.45) is 4.02. The lowest BCUT2D eigenvalue weighted by atomic mass is 9.74. The summed E-state index contributed by atoms with van der Waals surface area (Å²) in [6, 6.07) is -0.482. The number of aromatic nitrogens is 3. The van der Waals surface area contributed by atoms with Crippen LogP contribution in [0.2, 0.25) is 0 Å². The number of carbonyl (C=O) groups excluding carboxylic acids is 1. The molecule has 19 heavy (non-hydrogen) atoms. The molecule has 1 heterocycles. The lowest BCUT2D eigenvalue weighted by Crippen LogP contribution is -2.45. The van der Waals surface area contributed by atoms with E-state index in [0.717, 1.165) is 30.8 Å². The van der Waals surface area contributed by atoms with Crippen molar-refractivity contribution >= 4 is 28.7 Å². The first-order chi connectivity index (χ1) is 9.12. The van der Waals surface area contributed by atoms with Gasteiger partial charge in [-0.3, -0.25) is 10.1 Å². The number of carbonyl (C=O) groups is 2. The number of anilines is 1. The molecule has 2 rings (SSSR count). The average molecular weight is 285 g/mol. The molecule has 9 heteroatoms. The minimum absolute atomic E-state index is 0.125. The molecular weight excluding hydrogens is 270 g/mol. The number of carboxylic acid groups (broad SMARTS) is 1. The van der Waals surface area contributed by atoms with Crippen LogP contribution < -0.4 is 10.6 Å². The Morgan fingerprint density at radius 2 is 2.05 bits per heavy atom. The fourth-order valence-corrected chi connectivity index (χ4v) is 2.63. The molecule has 1 fully saturated rings. The molecule has 1 saturated carbocycles. The Morgan fingerprint density at radius 3 is 2.63 bits per heavy atom. The number of hydrogen-bond donors (Lipinski definition) is 3. The first-order valence-corrected chi connectivity index (χ1v) is 6.83. The second-order valence-corrected chi connectivity index (χ2v) is 5.35. The fourth-order valence-electron chi connectivity index (χ4n) is 2.27. The van der Waals surface area contributed by atoms with E-state index in [9.17, 15) is 14.7 Å². The van der Waals surface area contributed by atoms with Crippen molar-refractivity contribution in [2.45, 2.75) is 32.1 Å². The van der Waals surface area contributed by atoms with Crippen LogP contribution in [-0.4, -0.2) is 38.5 Å². The van der Waals surface area contributed by atoms with E-state index >= 15 is 0 Å². The van der Waals surface area contributed by atoms with E-state index in [1.807, 2.05) is 0 Å². The third kappa shape index (κ3) is 3.37. The zero-order valence-corrected chi connectivity index (χ0v) is 11.1. The van der Waals surface area contributed by atoms with Gasteiger partial charge in [-0.15, -0.1) is 0 Å². The topological polar surface area (TPSA) is 117 Å². The number of hydrogen-bond acceptors (Lipinski definition) is 6. The molecule has 3 N–H and O–H groups in total. The molecule has 0 unspecified atom stereocenters. The quantitative estimate of drug-likeness (QED) is 0.762. The summed E-state index contributed by atoms with van der Waals surface area (Å²) in [5.41, 5.74) is -0.838. The molecule has 0 atom stereocenters. The summed E-state index contributed by atoms with van der Waals surface area (Å²) in [6.45, 7) is 0.125. The van der Waals surface area contributed by atoms with Gasteiger partial charge in [-0.05, 0) is 18.1 Å². The van der Waals surface area contributed by atoms with Crippen LogP contribution in [0.1, 0.15) is 32.1 Å². The van der Waals surface area contributed by atoms with Crippen molar-refractivity contribution in [3.05, 3.63) is 0 Å². The molecule has 2 amide bonds. The Kier molecular flexibility index (Phi) is 4.25.